The van der Waals surface area contributed by atoms with E-state index in [2.05, 4.69) is 15.8 Å². The summed E-state index contributed by atoms with van der Waals surface area (Å²) in [6.45, 7) is 1.86. The number of nitrogens with one attached hydrogen (secondary N) is 2. The molecule has 0 bridgehead atoms. The molecule has 0 aliphatic heterocycles. The number of alkyl carbamates (subject to hydrolysis) is 1. The first-order valence-electron chi connectivity index (χ1n) is 11.6. The molecule has 0 aliphatic carbocycles. The summed E-state index contributed by atoms with van der Waals surface area (Å²) in [6, 6.07) is 14.3. The number of hydrogen-bond acceptors (Lipinski definition) is 7. The summed E-state index contributed by atoms with van der Waals surface area (Å²) in [5.41, 5.74) is 3.70. The number of rotatable bonds is 11. The molecule has 0 saturated carbocycles. The fourth-order valence-electron chi connectivity index (χ4n) is 3.36. The van der Waals surface area contributed by atoms with E-state index in [1.807, 2.05) is 6.92 Å². The molecule has 11 heteroatoms. The highest BCUT2D eigenvalue weighted by atomic mass is 35.5. The number of hydrogen-bond donors (Lipinski definition) is 3. The van der Waals surface area contributed by atoms with Gasteiger partial charge in [-0.25, -0.2) is 14.6 Å². The van der Waals surface area contributed by atoms with Crippen molar-refractivity contribution >= 4 is 29.8 Å². The fraction of sp³-hybridized carbons (Fsp3) is 0.222. The van der Waals surface area contributed by atoms with Crippen LogP contribution in [0, 0.1) is 5.82 Å². The highest BCUT2D eigenvalue weighted by molar-refractivity contribution is 6.31. The number of benzene rings is 3. The molecular weight excluding hydrogens is 517 g/mol. The van der Waals surface area contributed by atoms with Crippen LogP contribution in [-0.2, 0) is 22.6 Å². The van der Waals surface area contributed by atoms with Crippen LogP contribution in [0.1, 0.15) is 23.6 Å². The molecule has 38 heavy (non-hydrogen) atoms. The van der Waals surface area contributed by atoms with Crippen LogP contribution < -0.4 is 20.2 Å². The van der Waals surface area contributed by atoms with Crippen LogP contribution in [0.4, 0.5) is 9.18 Å². The van der Waals surface area contributed by atoms with Crippen LogP contribution in [0.25, 0.3) is 0 Å². The first-order chi connectivity index (χ1) is 18.3. The number of aromatic hydroxyl groups is 1. The SMILES string of the molecule is CCOc1cc(/C=N/NC(=O)C(Cc2ccc(O)cc2)NC(=O)OCc2c(F)cccc2Cl)ccc1OC. The summed E-state index contributed by atoms with van der Waals surface area (Å²) >= 11 is 5.97. The summed E-state index contributed by atoms with van der Waals surface area (Å²) in [4.78, 5) is 25.4. The third-order valence-electron chi connectivity index (χ3n) is 5.27. The van der Waals surface area contributed by atoms with Gasteiger partial charge in [0.2, 0.25) is 0 Å². The Morgan fingerprint density at radius 1 is 1.13 bits per heavy atom. The monoisotopic (exact) mass is 543 g/mol. The zero-order chi connectivity index (χ0) is 27.5. The number of carbonyl (C=O) groups is 2. The van der Waals surface area contributed by atoms with Crippen molar-refractivity contribution in [3.05, 3.63) is 88.2 Å². The van der Waals surface area contributed by atoms with E-state index < -0.39 is 30.5 Å². The first-order valence-corrected chi connectivity index (χ1v) is 12.0. The Morgan fingerprint density at radius 2 is 1.89 bits per heavy atom. The number of phenolic OH excluding ortho intramolecular Hbond substituents is 1. The van der Waals surface area contributed by atoms with Crippen LogP contribution in [0.5, 0.6) is 17.2 Å². The number of carbonyl (C=O) groups excluding carboxylic acids is 2. The number of ether oxygens (including phenoxy) is 3. The molecule has 1 unspecified atom stereocenters. The van der Waals surface area contributed by atoms with Crippen molar-refractivity contribution in [1.82, 2.24) is 10.7 Å². The molecule has 200 valence electrons. The van der Waals surface area contributed by atoms with Gasteiger partial charge in [-0.1, -0.05) is 29.8 Å². The Kier molecular flexibility index (Phi) is 10.3. The van der Waals surface area contributed by atoms with Crippen molar-refractivity contribution in [3.8, 4) is 17.2 Å². The van der Waals surface area contributed by atoms with Crippen LogP contribution in [0.2, 0.25) is 5.02 Å². The summed E-state index contributed by atoms with van der Waals surface area (Å²) in [6.07, 6.45) is 0.522. The van der Waals surface area contributed by atoms with Gasteiger partial charge in [0, 0.05) is 12.0 Å². The number of amides is 2. The second kappa shape index (κ2) is 13.8. The normalized spacial score (nSPS) is 11.6. The van der Waals surface area contributed by atoms with E-state index in [1.165, 1.54) is 43.7 Å². The third kappa shape index (κ3) is 8.10. The molecular formula is C27H27ClFN3O6. The molecule has 0 heterocycles. The largest absolute Gasteiger partial charge is 0.508 e. The van der Waals surface area contributed by atoms with Gasteiger partial charge >= 0.3 is 6.09 Å². The van der Waals surface area contributed by atoms with Gasteiger partial charge in [0.25, 0.3) is 5.91 Å². The molecule has 3 rings (SSSR count). The molecule has 0 aliphatic rings. The zero-order valence-corrected chi connectivity index (χ0v) is 21.5. The van der Waals surface area contributed by atoms with Gasteiger partial charge in [-0.15, -0.1) is 0 Å². The number of phenols is 1. The molecule has 0 saturated heterocycles. The standard InChI is InChI=1S/C27H27ClFN3O6/c1-3-37-25-14-18(9-12-24(25)36-2)15-30-32-26(34)23(13-17-7-10-19(33)11-8-17)31-27(35)38-16-20-21(28)5-4-6-22(20)29/h4-12,14-15,23,33H,3,13,16H2,1-2H3,(H,31,35)(H,32,34)/b30-15+. The Bertz CT molecular complexity index is 1270. The average molecular weight is 544 g/mol. The van der Waals surface area contributed by atoms with Crippen LogP contribution in [-0.4, -0.2) is 43.1 Å². The Morgan fingerprint density at radius 3 is 2.58 bits per heavy atom. The minimum absolute atomic E-state index is 0.0133. The van der Waals surface area contributed by atoms with Crippen LogP contribution in [0.3, 0.4) is 0 Å². The second-order valence-electron chi connectivity index (χ2n) is 7.92. The topological polar surface area (TPSA) is 118 Å². The molecule has 2 amide bonds. The van der Waals surface area contributed by atoms with E-state index in [1.54, 1.807) is 30.3 Å². The van der Waals surface area contributed by atoms with Crippen LogP contribution in [0.15, 0.2) is 65.8 Å². The predicted molar refractivity (Wildman–Crippen MR) is 140 cm³/mol. The maximum Gasteiger partial charge on any atom is 0.408 e. The van der Waals surface area contributed by atoms with Crippen molar-refractivity contribution in [3.63, 3.8) is 0 Å². The maximum atomic E-state index is 14.0. The highest BCUT2D eigenvalue weighted by Gasteiger charge is 2.22. The minimum atomic E-state index is -1.10. The van der Waals surface area contributed by atoms with Crippen molar-refractivity contribution in [2.75, 3.05) is 13.7 Å². The molecule has 0 radical (unpaired) electrons. The number of halogens is 2. The molecule has 3 aromatic carbocycles. The lowest BCUT2D eigenvalue weighted by atomic mass is 10.1. The molecule has 1 atom stereocenters. The quantitative estimate of drug-likeness (QED) is 0.241. The molecule has 0 fully saturated rings. The predicted octanol–water partition coefficient (Wildman–Crippen LogP) is 4.58. The van der Waals surface area contributed by atoms with Crippen molar-refractivity contribution in [2.45, 2.75) is 26.0 Å². The minimum Gasteiger partial charge on any atom is -0.508 e. The lowest BCUT2D eigenvalue weighted by Gasteiger charge is -2.17. The first kappa shape index (κ1) is 28.3. The molecule has 0 aromatic heterocycles. The van der Waals surface area contributed by atoms with Gasteiger partial charge in [0.15, 0.2) is 11.5 Å². The van der Waals surface area contributed by atoms with Gasteiger partial charge in [-0.3, -0.25) is 4.79 Å². The van der Waals surface area contributed by atoms with E-state index in [0.29, 0.717) is 29.2 Å². The summed E-state index contributed by atoms with van der Waals surface area (Å²) in [5.74, 6) is -0.117. The highest BCUT2D eigenvalue weighted by Crippen LogP contribution is 2.27. The van der Waals surface area contributed by atoms with Gasteiger partial charge in [-0.05, 0) is 60.5 Å². The van der Waals surface area contributed by atoms with Crippen LogP contribution >= 0.6 is 11.6 Å². The van der Waals surface area contributed by atoms with E-state index in [9.17, 15) is 19.1 Å². The lowest BCUT2D eigenvalue weighted by molar-refractivity contribution is -0.123. The Balaban J connectivity index is 1.69. The van der Waals surface area contributed by atoms with Crippen molar-refractivity contribution in [1.29, 1.82) is 0 Å². The summed E-state index contributed by atoms with van der Waals surface area (Å²) in [5, 5.41) is 16.1. The summed E-state index contributed by atoms with van der Waals surface area (Å²) in [7, 11) is 1.53. The molecule has 0 spiro atoms. The van der Waals surface area contributed by atoms with Crippen molar-refractivity contribution < 1.29 is 33.3 Å². The molecule has 3 aromatic rings. The maximum absolute atomic E-state index is 14.0. The lowest BCUT2D eigenvalue weighted by Crippen LogP contribution is -2.47. The number of methoxy groups -OCH3 is 1. The molecule has 9 nitrogen and oxygen atoms in total. The van der Waals surface area contributed by atoms with E-state index >= 15 is 0 Å². The smallest absolute Gasteiger partial charge is 0.408 e. The van der Waals surface area contributed by atoms with E-state index in [0.717, 1.165) is 0 Å². The Hall–Kier alpha value is -4.31. The van der Waals surface area contributed by atoms with E-state index in [-0.39, 0.29) is 22.8 Å². The van der Waals surface area contributed by atoms with Gasteiger partial charge in [0.1, 0.15) is 24.2 Å². The Labute approximate surface area is 224 Å². The summed E-state index contributed by atoms with van der Waals surface area (Å²) < 4.78 is 29.9. The van der Waals surface area contributed by atoms with E-state index in [4.69, 9.17) is 25.8 Å². The second-order valence-corrected chi connectivity index (χ2v) is 8.33. The average Bonchev–Trinajstić information content (AvgIpc) is 2.89. The van der Waals surface area contributed by atoms with Crippen molar-refractivity contribution in [2.24, 2.45) is 5.10 Å². The third-order valence-corrected chi connectivity index (χ3v) is 5.62. The van der Waals surface area contributed by atoms with Gasteiger partial charge in [0.05, 0.1) is 25.0 Å². The fourth-order valence-corrected chi connectivity index (χ4v) is 3.58. The molecule has 3 N–H and O–H groups in total. The van der Waals surface area contributed by atoms with Gasteiger partial charge in [-0.2, -0.15) is 5.10 Å². The number of hydrazone groups is 1. The zero-order valence-electron chi connectivity index (χ0n) is 20.7. The number of nitrogens with zero attached hydrogens (tertiary/aromatic N) is 1. The van der Waals surface area contributed by atoms with Gasteiger partial charge < -0.3 is 24.6 Å².